The van der Waals surface area contributed by atoms with Gasteiger partial charge in [-0.25, -0.2) is 14.0 Å². The van der Waals surface area contributed by atoms with Crippen molar-refractivity contribution in [3.05, 3.63) is 53.9 Å². The zero-order valence-corrected chi connectivity index (χ0v) is 15.4. The maximum absolute atomic E-state index is 14.0. The lowest BCUT2D eigenvalue weighted by Gasteiger charge is -2.23. The molecule has 0 spiro atoms. The third kappa shape index (κ3) is 6.86. The van der Waals surface area contributed by atoms with Crippen molar-refractivity contribution in [2.75, 3.05) is 11.9 Å². The number of ether oxygens (including phenoxy) is 2. The van der Waals surface area contributed by atoms with Gasteiger partial charge >= 0.3 is 12.1 Å². The Hall–Kier alpha value is -2.67. The number of para-hydroxylation sites is 1. The fourth-order valence-corrected chi connectivity index (χ4v) is 2.74. The molecule has 0 fully saturated rings. The van der Waals surface area contributed by atoms with Gasteiger partial charge in [0.25, 0.3) is 0 Å². The molecular weight excluding hydrogens is 353 g/mol. The molecule has 0 radical (unpaired) electrons. The number of nitrogens with one attached hydrogen (secondary N) is 1. The number of carboxylic acids is 1. The van der Waals surface area contributed by atoms with Gasteiger partial charge < -0.3 is 14.6 Å². The number of rotatable bonds is 8. The maximum Gasteiger partial charge on any atom is 0.411 e. The summed E-state index contributed by atoms with van der Waals surface area (Å²) < 4.78 is 24.5. The van der Waals surface area contributed by atoms with Crippen LogP contribution in [-0.4, -0.2) is 36.0 Å². The van der Waals surface area contributed by atoms with Crippen LogP contribution in [0.4, 0.5) is 14.9 Å². The van der Waals surface area contributed by atoms with E-state index in [1.165, 1.54) is 6.08 Å². The van der Waals surface area contributed by atoms with Crippen LogP contribution < -0.4 is 5.32 Å². The molecule has 1 aromatic rings. The van der Waals surface area contributed by atoms with E-state index in [9.17, 15) is 19.1 Å². The molecule has 146 valence electrons. The highest BCUT2D eigenvalue weighted by atomic mass is 19.1. The first-order chi connectivity index (χ1) is 12.8. The second-order valence-electron chi connectivity index (χ2n) is 6.55. The normalized spacial score (nSPS) is 17.7. The van der Waals surface area contributed by atoms with Gasteiger partial charge in [0.1, 0.15) is 12.4 Å². The lowest BCUT2D eigenvalue weighted by Crippen LogP contribution is -2.29. The summed E-state index contributed by atoms with van der Waals surface area (Å²) in [6.45, 7) is 3.29. The third-order valence-electron chi connectivity index (χ3n) is 3.95. The number of anilines is 1. The summed E-state index contributed by atoms with van der Waals surface area (Å²) in [5, 5.41) is 11.8. The molecule has 27 heavy (non-hydrogen) atoms. The molecule has 1 amide bonds. The summed E-state index contributed by atoms with van der Waals surface area (Å²) in [4.78, 5) is 23.2. The molecule has 1 aliphatic rings. The van der Waals surface area contributed by atoms with Gasteiger partial charge in [0, 0.05) is 11.3 Å². The molecule has 6 nitrogen and oxygen atoms in total. The number of aliphatic carboxylic acids is 1. The molecule has 0 saturated heterocycles. The van der Waals surface area contributed by atoms with Crippen molar-refractivity contribution in [3.63, 3.8) is 0 Å². The predicted octanol–water partition coefficient (Wildman–Crippen LogP) is 4.30. The number of allylic oxidation sites excluding steroid dienone is 2. The molecule has 1 aromatic carbocycles. The summed E-state index contributed by atoms with van der Waals surface area (Å²) in [6, 6.07) is 8.77. The van der Waals surface area contributed by atoms with Crippen molar-refractivity contribution in [2.45, 2.75) is 38.9 Å². The number of benzene rings is 1. The van der Waals surface area contributed by atoms with Crippen LogP contribution in [0.3, 0.4) is 0 Å². The third-order valence-corrected chi connectivity index (χ3v) is 3.95. The van der Waals surface area contributed by atoms with E-state index in [-0.39, 0.29) is 30.6 Å². The first-order valence-corrected chi connectivity index (χ1v) is 8.79. The minimum atomic E-state index is -1.05. The molecule has 2 N–H and O–H groups in total. The minimum Gasteiger partial charge on any atom is -0.479 e. The zero-order valence-electron chi connectivity index (χ0n) is 15.4. The topological polar surface area (TPSA) is 84.9 Å². The van der Waals surface area contributed by atoms with Crippen molar-refractivity contribution in [1.82, 2.24) is 0 Å². The fraction of sp³-hybridized carbons (Fsp3) is 0.400. The van der Waals surface area contributed by atoms with Crippen LogP contribution in [0.5, 0.6) is 0 Å². The Morgan fingerprint density at radius 3 is 2.63 bits per heavy atom. The van der Waals surface area contributed by atoms with E-state index >= 15 is 0 Å². The van der Waals surface area contributed by atoms with Gasteiger partial charge in [0.05, 0.1) is 6.10 Å². The van der Waals surface area contributed by atoms with Crippen molar-refractivity contribution < 1.29 is 28.6 Å². The van der Waals surface area contributed by atoms with E-state index in [2.05, 4.69) is 5.32 Å². The Morgan fingerprint density at radius 1 is 1.30 bits per heavy atom. The first kappa shape index (κ1) is 20.6. The van der Waals surface area contributed by atoms with Gasteiger partial charge in [-0.05, 0) is 50.8 Å². The van der Waals surface area contributed by atoms with Crippen LogP contribution in [0.2, 0.25) is 0 Å². The van der Waals surface area contributed by atoms with Crippen molar-refractivity contribution in [3.8, 4) is 0 Å². The highest BCUT2D eigenvalue weighted by Gasteiger charge is 2.26. The summed E-state index contributed by atoms with van der Waals surface area (Å²) in [7, 11) is 0. The number of carbonyl (C=O) groups is 2. The Labute approximate surface area is 157 Å². The first-order valence-electron chi connectivity index (χ1n) is 8.79. The van der Waals surface area contributed by atoms with Crippen LogP contribution in [0.1, 0.15) is 26.7 Å². The number of hydrogen-bond acceptors (Lipinski definition) is 4. The van der Waals surface area contributed by atoms with Crippen molar-refractivity contribution in [2.24, 2.45) is 5.92 Å². The quantitative estimate of drug-likeness (QED) is 0.705. The lowest BCUT2D eigenvalue weighted by molar-refractivity contribution is -0.154. The average molecular weight is 377 g/mol. The number of amides is 1. The number of halogens is 1. The Morgan fingerprint density at radius 2 is 2.00 bits per heavy atom. The smallest absolute Gasteiger partial charge is 0.411 e. The summed E-state index contributed by atoms with van der Waals surface area (Å²) in [6.07, 6.45) is 1.70. The summed E-state index contributed by atoms with van der Waals surface area (Å²) >= 11 is 0. The largest absolute Gasteiger partial charge is 0.479 e. The number of carboxylic acid groups (broad SMARTS) is 1. The molecule has 0 aliphatic heterocycles. The lowest BCUT2D eigenvalue weighted by atomic mass is 9.90. The second kappa shape index (κ2) is 9.87. The van der Waals surface area contributed by atoms with Crippen LogP contribution >= 0.6 is 0 Å². The van der Waals surface area contributed by atoms with Gasteiger partial charge in [-0.3, -0.25) is 5.32 Å². The van der Waals surface area contributed by atoms with Gasteiger partial charge in [-0.1, -0.05) is 24.3 Å². The fourth-order valence-electron chi connectivity index (χ4n) is 2.74. The van der Waals surface area contributed by atoms with Gasteiger partial charge in [0.15, 0.2) is 6.10 Å². The molecule has 0 bridgehead atoms. The molecule has 7 heteroatoms. The van der Waals surface area contributed by atoms with Crippen LogP contribution in [0, 0.1) is 5.92 Å². The molecule has 0 aromatic heterocycles. The molecular formula is C20H24FNO5. The predicted molar refractivity (Wildman–Crippen MR) is 99.1 cm³/mol. The van der Waals surface area contributed by atoms with Crippen LogP contribution in [-0.2, 0) is 14.3 Å². The summed E-state index contributed by atoms with van der Waals surface area (Å²) in [5.41, 5.74) is 0.798. The standard InChI is InChI=1S/C20H24FNO5/c1-13(2)27-18(19(23)24)11-14-8-9-17(21)15(10-14)12-26-20(25)22-16-6-4-3-5-7-16/h3-7,9-10,13-14,18H,8,11-12H2,1-2H3,(H,22,25)(H,23,24). The zero-order chi connectivity index (χ0) is 19.8. The second-order valence-corrected chi connectivity index (χ2v) is 6.55. The van der Waals surface area contributed by atoms with E-state index in [1.54, 1.807) is 44.2 Å². The molecule has 2 atom stereocenters. The van der Waals surface area contributed by atoms with Gasteiger partial charge in [0.2, 0.25) is 0 Å². The van der Waals surface area contributed by atoms with Gasteiger partial charge in [-0.15, -0.1) is 0 Å². The van der Waals surface area contributed by atoms with Crippen LogP contribution in [0.15, 0.2) is 53.9 Å². The number of carbonyl (C=O) groups excluding carboxylic acids is 1. The van der Waals surface area contributed by atoms with Crippen molar-refractivity contribution in [1.29, 1.82) is 0 Å². The SMILES string of the molecule is CC(C)OC(CC1C=C(COC(=O)Nc2ccccc2)C(F)=CC1)C(=O)O. The molecule has 2 unspecified atom stereocenters. The van der Waals surface area contributed by atoms with E-state index in [0.717, 1.165) is 0 Å². The number of hydrogen-bond donors (Lipinski definition) is 2. The molecule has 0 heterocycles. The Balaban J connectivity index is 1.93. The van der Waals surface area contributed by atoms with E-state index in [1.807, 2.05) is 6.07 Å². The highest BCUT2D eigenvalue weighted by molar-refractivity contribution is 5.84. The highest BCUT2D eigenvalue weighted by Crippen LogP contribution is 2.28. The minimum absolute atomic E-state index is 0.208. The average Bonchev–Trinajstić information content (AvgIpc) is 2.62. The Bertz CT molecular complexity index is 714. The van der Waals surface area contributed by atoms with Gasteiger partial charge in [-0.2, -0.15) is 0 Å². The van der Waals surface area contributed by atoms with Crippen LogP contribution in [0.25, 0.3) is 0 Å². The molecule has 2 rings (SSSR count). The molecule has 0 saturated carbocycles. The van der Waals surface area contributed by atoms with Crippen molar-refractivity contribution >= 4 is 17.7 Å². The monoisotopic (exact) mass is 377 g/mol. The van der Waals surface area contributed by atoms with E-state index in [4.69, 9.17) is 9.47 Å². The van der Waals surface area contributed by atoms with E-state index in [0.29, 0.717) is 12.1 Å². The van der Waals surface area contributed by atoms with E-state index < -0.39 is 24.0 Å². The Kier molecular flexibility index (Phi) is 7.55. The maximum atomic E-state index is 14.0. The summed E-state index contributed by atoms with van der Waals surface area (Å²) in [5.74, 6) is -1.72. The molecule has 1 aliphatic carbocycles.